The van der Waals surface area contributed by atoms with Crippen LogP contribution in [0.4, 0.5) is 0 Å². The Balaban J connectivity index is 2.64. The highest BCUT2D eigenvalue weighted by Crippen LogP contribution is 2.12. The number of nitrogens with one attached hydrogen (secondary N) is 1. The van der Waals surface area contributed by atoms with Crippen LogP contribution in [0.1, 0.15) is 26.2 Å². The van der Waals surface area contributed by atoms with E-state index >= 15 is 0 Å². The maximum Gasteiger partial charge on any atom is 0.117 e. The number of allylic oxidation sites excluding steroid dienone is 2. The summed E-state index contributed by atoms with van der Waals surface area (Å²) in [6.45, 7) is 10.6. The lowest BCUT2D eigenvalue weighted by molar-refractivity contribution is 0.299. The van der Waals surface area contributed by atoms with Crippen LogP contribution >= 0.6 is 0 Å². The number of nitrogens with zero attached hydrogens (tertiary/aromatic N) is 3. The van der Waals surface area contributed by atoms with Crippen LogP contribution in [0, 0.1) is 0 Å². The van der Waals surface area contributed by atoms with E-state index in [9.17, 15) is 0 Å². The Hall–Kier alpha value is -1.59. The molecule has 0 saturated heterocycles. The van der Waals surface area contributed by atoms with Crippen molar-refractivity contribution in [3.8, 4) is 0 Å². The van der Waals surface area contributed by atoms with Crippen molar-refractivity contribution in [2.24, 2.45) is 10.7 Å². The summed E-state index contributed by atoms with van der Waals surface area (Å²) in [6.07, 6.45) is 9.40. The van der Waals surface area contributed by atoms with Crippen LogP contribution in [0.3, 0.4) is 0 Å². The van der Waals surface area contributed by atoms with Crippen molar-refractivity contribution in [3.05, 3.63) is 36.2 Å². The number of hydrogen-bond donors (Lipinski definition) is 2. The normalized spacial score (nSPS) is 15.1. The van der Waals surface area contributed by atoms with Crippen LogP contribution in [0.25, 0.3) is 0 Å². The van der Waals surface area contributed by atoms with Crippen molar-refractivity contribution >= 4 is 5.84 Å². The topological polar surface area (TPSA) is 56.9 Å². The fraction of sp³-hybridized carbons (Fsp3) is 0.611. The monoisotopic (exact) mass is 319 g/mol. The first-order valence-electron chi connectivity index (χ1n) is 8.46. The van der Waals surface area contributed by atoms with Crippen LogP contribution in [-0.2, 0) is 0 Å². The molecule has 0 aliphatic carbocycles. The van der Waals surface area contributed by atoms with E-state index in [-0.39, 0.29) is 0 Å². The van der Waals surface area contributed by atoms with Gasteiger partial charge in [-0.05, 0) is 44.6 Å². The van der Waals surface area contributed by atoms with Gasteiger partial charge in [0.1, 0.15) is 5.84 Å². The van der Waals surface area contributed by atoms with E-state index < -0.39 is 0 Å². The van der Waals surface area contributed by atoms with Gasteiger partial charge < -0.3 is 16.0 Å². The number of dihydropyridines is 1. The summed E-state index contributed by atoms with van der Waals surface area (Å²) in [5.74, 6) is 1.04. The zero-order valence-corrected chi connectivity index (χ0v) is 15.0. The van der Waals surface area contributed by atoms with Crippen molar-refractivity contribution in [2.75, 3.05) is 46.8 Å². The molecule has 0 atom stereocenters. The Morgan fingerprint density at radius 1 is 1.43 bits per heavy atom. The zero-order chi connectivity index (χ0) is 17.1. The number of unbranched alkanes of at least 4 members (excludes halogenated alkanes) is 1. The Morgan fingerprint density at radius 3 is 2.83 bits per heavy atom. The van der Waals surface area contributed by atoms with Gasteiger partial charge in [-0.15, -0.1) is 0 Å². The molecule has 1 rings (SSSR count). The van der Waals surface area contributed by atoms with Gasteiger partial charge in [0.15, 0.2) is 0 Å². The molecular weight excluding hydrogens is 286 g/mol. The summed E-state index contributed by atoms with van der Waals surface area (Å²) in [7, 11) is 3.83. The van der Waals surface area contributed by atoms with Crippen molar-refractivity contribution < 1.29 is 0 Å². The molecule has 0 amide bonds. The molecular formula is C18H33N5. The SMILES string of the molecule is C=CN(C)/C(CN(CCCCN)CCC1=C(C)C=CCN1)=N\C. The van der Waals surface area contributed by atoms with E-state index in [1.807, 2.05) is 19.0 Å². The molecule has 0 aromatic rings. The summed E-state index contributed by atoms with van der Waals surface area (Å²) in [5, 5.41) is 3.48. The first-order chi connectivity index (χ1) is 11.1. The van der Waals surface area contributed by atoms with E-state index in [0.29, 0.717) is 0 Å². The lowest BCUT2D eigenvalue weighted by Gasteiger charge is -2.27. The highest BCUT2D eigenvalue weighted by Gasteiger charge is 2.13. The van der Waals surface area contributed by atoms with Crippen molar-refractivity contribution in [2.45, 2.75) is 26.2 Å². The Kier molecular flexibility index (Phi) is 9.33. The maximum absolute atomic E-state index is 5.63. The second-order valence-corrected chi connectivity index (χ2v) is 5.90. The molecule has 0 unspecified atom stereocenters. The number of aliphatic imine (C=N–C) groups is 1. The average Bonchev–Trinajstić information content (AvgIpc) is 2.57. The van der Waals surface area contributed by atoms with E-state index in [1.165, 1.54) is 11.3 Å². The van der Waals surface area contributed by atoms with Crippen molar-refractivity contribution in [1.82, 2.24) is 15.1 Å². The van der Waals surface area contributed by atoms with Gasteiger partial charge in [0.05, 0.1) is 6.54 Å². The minimum absolute atomic E-state index is 0.756. The summed E-state index contributed by atoms with van der Waals surface area (Å²) in [5.41, 5.74) is 8.32. The first kappa shape index (κ1) is 19.5. The highest BCUT2D eigenvalue weighted by atomic mass is 15.2. The summed E-state index contributed by atoms with van der Waals surface area (Å²) >= 11 is 0. The molecule has 1 heterocycles. The van der Waals surface area contributed by atoms with Gasteiger partial charge in [0.25, 0.3) is 0 Å². The van der Waals surface area contributed by atoms with Crippen LogP contribution in [0.15, 0.2) is 41.2 Å². The summed E-state index contributed by atoms with van der Waals surface area (Å²) in [4.78, 5) is 8.85. The van der Waals surface area contributed by atoms with Gasteiger partial charge >= 0.3 is 0 Å². The molecule has 0 aromatic heterocycles. The van der Waals surface area contributed by atoms with Crippen LogP contribution < -0.4 is 11.1 Å². The fourth-order valence-electron chi connectivity index (χ4n) is 2.61. The molecule has 0 spiro atoms. The van der Waals surface area contributed by atoms with Gasteiger partial charge in [-0.2, -0.15) is 0 Å². The predicted molar refractivity (Wildman–Crippen MR) is 101 cm³/mol. The molecule has 0 fully saturated rings. The zero-order valence-electron chi connectivity index (χ0n) is 15.0. The lowest BCUT2D eigenvalue weighted by Crippen LogP contribution is -2.38. The summed E-state index contributed by atoms with van der Waals surface area (Å²) in [6, 6.07) is 0. The molecule has 5 nitrogen and oxygen atoms in total. The molecule has 0 aromatic carbocycles. The van der Waals surface area contributed by atoms with Crippen LogP contribution in [0.5, 0.6) is 0 Å². The number of likely N-dealkylation sites (N-methyl/N-ethyl adjacent to an activating group) is 1. The largest absolute Gasteiger partial charge is 0.385 e. The van der Waals surface area contributed by atoms with Gasteiger partial charge in [-0.1, -0.05) is 18.7 Å². The molecule has 23 heavy (non-hydrogen) atoms. The molecule has 0 radical (unpaired) electrons. The Bertz CT molecular complexity index is 450. The fourth-order valence-corrected chi connectivity index (χ4v) is 2.61. The number of nitrogens with two attached hydrogens (primary N) is 1. The van der Waals surface area contributed by atoms with Gasteiger partial charge in [0.2, 0.25) is 0 Å². The minimum Gasteiger partial charge on any atom is -0.385 e. The van der Waals surface area contributed by atoms with Gasteiger partial charge in [-0.25, -0.2) is 0 Å². The quantitative estimate of drug-likeness (QED) is 0.367. The maximum atomic E-state index is 5.63. The third-order valence-electron chi connectivity index (χ3n) is 4.19. The third kappa shape index (κ3) is 7.01. The molecule has 130 valence electrons. The van der Waals surface area contributed by atoms with Crippen LogP contribution in [0.2, 0.25) is 0 Å². The Labute approximate surface area is 141 Å². The van der Waals surface area contributed by atoms with Gasteiger partial charge in [0, 0.05) is 39.3 Å². The molecule has 1 aliphatic heterocycles. The minimum atomic E-state index is 0.756. The molecule has 0 saturated carbocycles. The third-order valence-corrected chi connectivity index (χ3v) is 4.19. The summed E-state index contributed by atoms with van der Waals surface area (Å²) < 4.78 is 0. The first-order valence-corrected chi connectivity index (χ1v) is 8.46. The van der Waals surface area contributed by atoms with Crippen molar-refractivity contribution in [3.63, 3.8) is 0 Å². The van der Waals surface area contributed by atoms with E-state index in [1.54, 1.807) is 6.20 Å². The second kappa shape index (κ2) is 11.0. The average molecular weight is 319 g/mol. The van der Waals surface area contributed by atoms with Gasteiger partial charge in [-0.3, -0.25) is 9.89 Å². The smallest absolute Gasteiger partial charge is 0.117 e. The number of rotatable bonds is 10. The second-order valence-electron chi connectivity index (χ2n) is 5.90. The molecule has 5 heteroatoms. The van der Waals surface area contributed by atoms with E-state index in [0.717, 1.165) is 57.8 Å². The standard InChI is InChI=1S/C18H33N5/c1-5-22(4)18(20-3)15-23(13-7-6-11-19)14-10-17-16(2)9-8-12-21-17/h5,8-9,21H,1,6-7,10-15,19H2,2-4H3/b20-18-. The molecule has 0 bridgehead atoms. The Morgan fingerprint density at radius 2 is 2.22 bits per heavy atom. The molecule has 3 N–H and O–H groups in total. The van der Waals surface area contributed by atoms with Crippen LogP contribution in [-0.4, -0.2) is 62.5 Å². The predicted octanol–water partition coefficient (Wildman–Crippen LogP) is 1.95. The van der Waals surface area contributed by atoms with E-state index in [4.69, 9.17) is 5.73 Å². The highest BCUT2D eigenvalue weighted by molar-refractivity contribution is 5.84. The number of hydrogen-bond acceptors (Lipinski definition) is 4. The lowest BCUT2D eigenvalue weighted by atomic mass is 10.1. The van der Waals surface area contributed by atoms with E-state index in [2.05, 4.69) is 40.9 Å². The van der Waals surface area contributed by atoms with Crippen molar-refractivity contribution in [1.29, 1.82) is 0 Å². The molecule has 1 aliphatic rings. The number of amidine groups is 1.